The van der Waals surface area contributed by atoms with Crippen LogP contribution in [0.1, 0.15) is 22.7 Å². The van der Waals surface area contributed by atoms with Gasteiger partial charge < -0.3 is 20.4 Å². The number of ether oxygens (including phenoxy) is 1. The van der Waals surface area contributed by atoms with Gasteiger partial charge in [-0.05, 0) is 13.0 Å². The number of anilines is 2. The van der Waals surface area contributed by atoms with Crippen LogP contribution in [0.15, 0.2) is 18.5 Å². The first-order valence-electron chi connectivity index (χ1n) is 8.65. The van der Waals surface area contributed by atoms with E-state index in [2.05, 4.69) is 26.1 Å². The number of hydrogen-bond donors (Lipinski definition) is 3. The Labute approximate surface area is 160 Å². The number of hydrogen-bond acceptors (Lipinski definition) is 9. The highest BCUT2D eigenvalue weighted by Gasteiger charge is 2.34. The van der Waals surface area contributed by atoms with E-state index in [1.807, 2.05) is 19.2 Å². The van der Waals surface area contributed by atoms with Crippen molar-refractivity contribution in [2.24, 2.45) is 0 Å². The summed E-state index contributed by atoms with van der Waals surface area (Å²) in [5.41, 5.74) is 9.14. The predicted octanol–water partition coefficient (Wildman–Crippen LogP) is 1.82. The average Bonchev–Trinajstić information content (AvgIpc) is 3.19. The monoisotopic (exact) mass is 387 g/mol. The molecule has 0 aromatic carbocycles. The van der Waals surface area contributed by atoms with E-state index in [-0.39, 0.29) is 18.2 Å². The Morgan fingerprint density at radius 2 is 2.26 bits per heavy atom. The first-order chi connectivity index (χ1) is 13.0. The molecule has 3 heterocycles. The van der Waals surface area contributed by atoms with E-state index in [1.165, 1.54) is 16.2 Å². The molecular formula is C17H21N7O2S. The highest BCUT2D eigenvalue weighted by Crippen LogP contribution is 2.37. The van der Waals surface area contributed by atoms with Crippen LogP contribution in [0, 0.1) is 6.92 Å². The summed E-state index contributed by atoms with van der Waals surface area (Å²) in [5.74, 6) is 0.516. The van der Waals surface area contributed by atoms with Crippen LogP contribution in [0.2, 0.25) is 0 Å². The third-order valence-electron chi connectivity index (χ3n) is 4.39. The topological polar surface area (TPSA) is 104 Å². The summed E-state index contributed by atoms with van der Waals surface area (Å²) >= 11 is 1.53. The Hall–Kier alpha value is -2.72. The fourth-order valence-corrected chi connectivity index (χ4v) is 4.12. The third-order valence-corrected chi connectivity index (χ3v) is 5.38. The fourth-order valence-electron chi connectivity index (χ4n) is 3.08. The van der Waals surface area contributed by atoms with Gasteiger partial charge in [0.2, 0.25) is 5.95 Å². The van der Waals surface area contributed by atoms with Crippen molar-refractivity contribution in [2.45, 2.75) is 31.9 Å². The van der Waals surface area contributed by atoms with E-state index in [1.54, 1.807) is 20.3 Å². The molecule has 0 spiro atoms. The van der Waals surface area contributed by atoms with Crippen molar-refractivity contribution in [3.63, 3.8) is 0 Å². The van der Waals surface area contributed by atoms with Crippen LogP contribution in [0.25, 0.3) is 5.57 Å². The summed E-state index contributed by atoms with van der Waals surface area (Å²) in [6, 6.07) is 1.88. The van der Waals surface area contributed by atoms with Crippen LogP contribution in [-0.2, 0) is 11.2 Å². The van der Waals surface area contributed by atoms with Crippen molar-refractivity contribution in [1.82, 2.24) is 30.7 Å². The number of fused-ring (bicyclic) bond motifs is 3. The third kappa shape index (κ3) is 3.71. The maximum Gasteiger partial charge on any atom is 0.409 e. The second-order valence-corrected chi connectivity index (χ2v) is 7.80. The van der Waals surface area contributed by atoms with Crippen molar-refractivity contribution in [3.8, 4) is 0 Å². The molecule has 9 nitrogen and oxygen atoms in total. The van der Waals surface area contributed by atoms with Gasteiger partial charge in [-0.2, -0.15) is 0 Å². The number of nitrogens with one attached hydrogen (secondary N) is 3. The molecule has 0 saturated carbocycles. The molecule has 0 radical (unpaired) electrons. The van der Waals surface area contributed by atoms with Crippen molar-refractivity contribution < 1.29 is 9.53 Å². The number of carbonyl (C=O) groups excluding carboxylic acids is 1. The first kappa shape index (κ1) is 17.7. The largest absolute Gasteiger partial charge is 0.446 e. The zero-order chi connectivity index (χ0) is 19.0. The van der Waals surface area contributed by atoms with Gasteiger partial charge in [-0.15, -0.1) is 11.3 Å². The van der Waals surface area contributed by atoms with Crippen LogP contribution in [0.3, 0.4) is 0 Å². The zero-order valence-corrected chi connectivity index (χ0v) is 16.1. The van der Waals surface area contributed by atoms with Crippen LogP contribution < -0.4 is 16.2 Å². The lowest BCUT2D eigenvalue weighted by Crippen LogP contribution is -2.36. The van der Waals surface area contributed by atoms with Gasteiger partial charge in [-0.3, -0.25) is 0 Å². The maximum atomic E-state index is 12.0. The van der Waals surface area contributed by atoms with Crippen molar-refractivity contribution in [1.29, 1.82) is 0 Å². The summed E-state index contributed by atoms with van der Waals surface area (Å²) < 4.78 is 5.67. The number of nitrogens with zero attached hydrogens (tertiary/aromatic N) is 4. The molecule has 142 valence electrons. The van der Waals surface area contributed by atoms with Gasteiger partial charge in [0.1, 0.15) is 6.10 Å². The lowest BCUT2D eigenvalue weighted by molar-refractivity contribution is 0.0689. The fraction of sp³-hybridized carbons (Fsp3) is 0.412. The number of carbonyl (C=O) groups is 1. The minimum absolute atomic E-state index is 0.0383. The summed E-state index contributed by atoms with van der Waals surface area (Å²) in [6.07, 6.45) is 4.38. The molecule has 2 aliphatic rings. The molecule has 10 heteroatoms. The second kappa shape index (κ2) is 7.12. The quantitative estimate of drug-likeness (QED) is 0.733. The number of hydrazine groups is 1. The second-order valence-electron chi connectivity index (χ2n) is 6.72. The molecule has 1 aliphatic carbocycles. The molecule has 0 fully saturated rings. The Kier molecular flexibility index (Phi) is 4.66. The van der Waals surface area contributed by atoms with Crippen LogP contribution >= 0.6 is 11.3 Å². The van der Waals surface area contributed by atoms with E-state index in [0.29, 0.717) is 18.8 Å². The van der Waals surface area contributed by atoms with Gasteiger partial charge in [0.25, 0.3) is 0 Å². The highest BCUT2D eigenvalue weighted by atomic mass is 32.1. The normalized spacial score (nSPS) is 20.6. The molecule has 1 aliphatic heterocycles. The van der Waals surface area contributed by atoms with Gasteiger partial charge in [0.15, 0.2) is 5.13 Å². The number of aryl methyl sites for hydroxylation is 1. The molecule has 27 heavy (non-hydrogen) atoms. The van der Waals surface area contributed by atoms with Gasteiger partial charge in [-0.25, -0.2) is 25.2 Å². The van der Waals surface area contributed by atoms with Crippen molar-refractivity contribution >= 4 is 34.1 Å². The molecule has 2 aromatic heterocycles. The standard InChI is InChI=1S/C17H21N7O2S/c1-9-4-5-18-15(20-9)22-16-21-14-11-8-19-23-12(11)6-10(7-13(14)27-16)26-17(25)24(2)3/h4-5,8,10,12,19,23H,6-7H2,1-3H3,(H,18,20,21,22). The molecule has 2 unspecified atom stereocenters. The van der Waals surface area contributed by atoms with Crippen molar-refractivity contribution in [2.75, 3.05) is 19.4 Å². The zero-order valence-electron chi connectivity index (χ0n) is 15.3. The average molecular weight is 387 g/mol. The van der Waals surface area contributed by atoms with Gasteiger partial charge >= 0.3 is 6.09 Å². The number of aromatic nitrogens is 3. The molecule has 1 amide bonds. The van der Waals surface area contributed by atoms with Crippen LogP contribution in [0.4, 0.5) is 15.9 Å². The lowest BCUT2D eigenvalue weighted by Gasteiger charge is -2.21. The van der Waals surface area contributed by atoms with Crippen LogP contribution in [0.5, 0.6) is 0 Å². The van der Waals surface area contributed by atoms with Crippen LogP contribution in [-0.4, -0.2) is 52.2 Å². The Morgan fingerprint density at radius 1 is 1.41 bits per heavy atom. The Morgan fingerprint density at radius 3 is 3.04 bits per heavy atom. The molecule has 2 aromatic rings. The molecule has 2 atom stereocenters. The summed E-state index contributed by atoms with van der Waals surface area (Å²) in [5, 5.41) is 3.90. The predicted molar refractivity (Wildman–Crippen MR) is 102 cm³/mol. The number of amides is 1. The van der Waals surface area contributed by atoms with Gasteiger partial charge in [0.05, 0.1) is 11.7 Å². The van der Waals surface area contributed by atoms with Gasteiger partial charge in [0, 0.05) is 55.5 Å². The van der Waals surface area contributed by atoms with E-state index in [9.17, 15) is 4.79 Å². The summed E-state index contributed by atoms with van der Waals surface area (Å²) in [4.78, 5) is 27.9. The minimum Gasteiger partial charge on any atom is -0.446 e. The molecule has 0 bridgehead atoms. The number of thiazole rings is 1. The maximum absolute atomic E-state index is 12.0. The van der Waals surface area contributed by atoms with E-state index in [0.717, 1.165) is 27.0 Å². The smallest absolute Gasteiger partial charge is 0.409 e. The van der Waals surface area contributed by atoms with Gasteiger partial charge in [-0.1, -0.05) is 0 Å². The lowest BCUT2D eigenvalue weighted by atomic mass is 10.0. The molecule has 0 saturated heterocycles. The SMILES string of the molecule is Cc1ccnc(Nc2nc3c(s2)CC(OC(=O)N(C)C)CC2NNC=C32)n1. The summed E-state index contributed by atoms with van der Waals surface area (Å²) in [6.45, 7) is 1.92. The molecule has 4 rings (SSSR count). The Balaban J connectivity index is 1.61. The number of rotatable bonds is 3. The molecular weight excluding hydrogens is 366 g/mol. The Bertz CT molecular complexity index is 895. The van der Waals surface area contributed by atoms with E-state index in [4.69, 9.17) is 9.72 Å². The van der Waals surface area contributed by atoms with Crippen molar-refractivity contribution in [3.05, 3.63) is 34.7 Å². The van der Waals surface area contributed by atoms with E-state index >= 15 is 0 Å². The minimum atomic E-state index is -0.337. The highest BCUT2D eigenvalue weighted by molar-refractivity contribution is 7.15. The summed E-state index contributed by atoms with van der Waals surface area (Å²) in [7, 11) is 3.36. The molecule has 3 N–H and O–H groups in total. The van der Waals surface area contributed by atoms with E-state index < -0.39 is 0 Å². The first-order valence-corrected chi connectivity index (χ1v) is 9.47.